The molecule has 0 fully saturated rings. The molecular formula is CH2ClOZn+. The molecule has 0 amide bonds. The topological polar surface area (TPSA) is 17.1 Å². The third-order valence-electron chi connectivity index (χ3n) is 0. The molecule has 0 aromatic carbocycles. The summed E-state index contributed by atoms with van der Waals surface area (Å²) in [4.78, 5) is 8.00. The monoisotopic (exact) mass is 129 g/mol. The van der Waals surface area contributed by atoms with Gasteiger partial charge in [0, 0.05) is 0 Å². The summed E-state index contributed by atoms with van der Waals surface area (Å²) in [6, 6.07) is 0. The van der Waals surface area contributed by atoms with Crippen molar-refractivity contribution in [2.75, 3.05) is 0 Å². The van der Waals surface area contributed by atoms with Gasteiger partial charge in [0.2, 0.25) is 0 Å². The number of carbonyl (C=O) groups is 1. The first-order chi connectivity index (χ1) is 1.00. The molecule has 0 saturated heterocycles. The molecule has 0 saturated carbocycles. The summed E-state index contributed by atoms with van der Waals surface area (Å²) in [5, 5.41) is 0. The normalized spacial score (nSPS) is 1.00. The van der Waals surface area contributed by atoms with Gasteiger partial charge in [-0.1, -0.05) is 0 Å². The molecule has 0 N–H and O–H groups in total. The minimum absolute atomic E-state index is 0. The van der Waals surface area contributed by atoms with E-state index in [0.29, 0.717) is 0 Å². The Balaban J connectivity index is -0.00000000500. The van der Waals surface area contributed by atoms with Crippen LogP contribution in [0.1, 0.15) is 0 Å². The molecule has 0 atom stereocenters. The molecule has 0 bridgehead atoms. The quantitative estimate of drug-likeness (QED) is 0.316. The van der Waals surface area contributed by atoms with Crippen molar-refractivity contribution in [3.05, 3.63) is 0 Å². The number of hydrogen-bond acceptors (Lipinski definition) is 1. The van der Waals surface area contributed by atoms with E-state index in [1.165, 1.54) is 0 Å². The van der Waals surface area contributed by atoms with Crippen molar-refractivity contribution >= 4 is 6.79 Å². The minimum Gasteiger partial charge on any atom is -1.00 e. The van der Waals surface area contributed by atoms with Crippen molar-refractivity contribution < 1.29 is 36.7 Å². The summed E-state index contributed by atoms with van der Waals surface area (Å²) in [6.45, 7) is 2.00. The van der Waals surface area contributed by atoms with Crippen LogP contribution >= 0.6 is 0 Å². The summed E-state index contributed by atoms with van der Waals surface area (Å²) in [6.07, 6.45) is 0. The Labute approximate surface area is 43.9 Å². The molecule has 0 aromatic heterocycles. The number of halogens is 1. The van der Waals surface area contributed by atoms with Gasteiger partial charge in [-0.3, -0.25) is 0 Å². The first kappa shape index (κ1) is 23.5. The van der Waals surface area contributed by atoms with Gasteiger partial charge in [-0.05, 0) is 0 Å². The predicted molar refractivity (Wildman–Crippen MR) is 7.12 cm³/mol. The van der Waals surface area contributed by atoms with Crippen LogP contribution in [0.15, 0.2) is 0 Å². The van der Waals surface area contributed by atoms with Crippen molar-refractivity contribution in [1.29, 1.82) is 0 Å². The fraction of sp³-hybridized carbons (Fsp3) is 0. The van der Waals surface area contributed by atoms with Crippen molar-refractivity contribution in [2.24, 2.45) is 0 Å². The molecule has 0 aliphatic heterocycles. The van der Waals surface area contributed by atoms with Crippen molar-refractivity contribution in [3.8, 4) is 0 Å². The van der Waals surface area contributed by atoms with Crippen LogP contribution in [-0.2, 0) is 24.3 Å². The van der Waals surface area contributed by atoms with E-state index in [1.807, 2.05) is 6.79 Å². The van der Waals surface area contributed by atoms with Crippen LogP contribution in [0.2, 0.25) is 0 Å². The van der Waals surface area contributed by atoms with Gasteiger partial charge >= 0.3 is 19.5 Å². The maximum atomic E-state index is 8.00. The summed E-state index contributed by atoms with van der Waals surface area (Å²) in [5.41, 5.74) is 0. The Kier molecular flexibility index (Phi) is 412. The Morgan fingerprint density at radius 2 is 1.25 bits per heavy atom. The smallest absolute Gasteiger partial charge is 1.00 e. The van der Waals surface area contributed by atoms with Crippen molar-refractivity contribution in [3.63, 3.8) is 0 Å². The van der Waals surface area contributed by atoms with Gasteiger partial charge in [0.15, 0.2) is 0 Å². The van der Waals surface area contributed by atoms with E-state index in [9.17, 15) is 0 Å². The second-order valence-corrected chi connectivity index (χ2v) is 0. The zero-order valence-electron chi connectivity index (χ0n) is 2.20. The van der Waals surface area contributed by atoms with E-state index in [0.717, 1.165) is 0 Å². The average Bonchev–Trinajstić information content (AvgIpc) is 1.00. The largest absolute Gasteiger partial charge is 2.00 e. The van der Waals surface area contributed by atoms with Crippen LogP contribution in [-0.4, -0.2) is 6.79 Å². The predicted octanol–water partition coefficient (Wildman–Crippen LogP) is -3.18. The Morgan fingerprint density at radius 1 is 1.25 bits per heavy atom. The summed E-state index contributed by atoms with van der Waals surface area (Å²) in [5.74, 6) is 0. The second-order valence-electron chi connectivity index (χ2n) is 0. The zero-order chi connectivity index (χ0) is 2.00. The van der Waals surface area contributed by atoms with E-state index in [1.54, 1.807) is 0 Å². The summed E-state index contributed by atoms with van der Waals surface area (Å²) < 4.78 is 0. The molecule has 4 heavy (non-hydrogen) atoms. The summed E-state index contributed by atoms with van der Waals surface area (Å²) in [7, 11) is 0. The van der Waals surface area contributed by atoms with Crippen LogP contribution in [0.4, 0.5) is 0 Å². The second kappa shape index (κ2) is 70.3. The van der Waals surface area contributed by atoms with E-state index in [2.05, 4.69) is 0 Å². The molecule has 3 heteroatoms. The number of carbonyl (C=O) groups excluding carboxylic acids is 1. The van der Waals surface area contributed by atoms with Gasteiger partial charge < -0.3 is 17.2 Å². The van der Waals surface area contributed by atoms with Crippen LogP contribution in [0.25, 0.3) is 0 Å². The molecular weight excluding hydrogens is 129 g/mol. The van der Waals surface area contributed by atoms with Gasteiger partial charge in [0.1, 0.15) is 6.79 Å². The van der Waals surface area contributed by atoms with Gasteiger partial charge in [-0.15, -0.1) is 0 Å². The van der Waals surface area contributed by atoms with Crippen molar-refractivity contribution in [2.45, 2.75) is 0 Å². The van der Waals surface area contributed by atoms with Gasteiger partial charge in [0.05, 0.1) is 0 Å². The van der Waals surface area contributed by atoms with Crippen LogP contribution in [0, 0.1) is 0 Å². The third kappa shape index (κ3) is 19.0. The standard InChI is InChI=1S/CH2O.ClH.Zn/c1-2;;/h1H2;1H;/q;;+2/p-1. The van der Waals surface area contributed by atoms with Crippen LogP contribution in [0.3, 0.4) is 0 Å². The van der Waals surface area contributed by atoms with E-state index in [4.69, 9.17) is 4.79 Å². The van der Waals surface area contributed by atoms with Gasteiger partial charge in [-0.25, -0.2) is 0 Å². The molecule has 0 heterocycles. The Morgan fingerprint density at radius 3 is 1.25 bits per heavy atom. The fourth-order valence-electron chi connectivity index (χ4n) is 0. The minimum atomic E-state index is 0. The molecule has 0 aliphatic carbocycles. The van der Waals surface area contributed by atoms with Crippen molar-refractivity contribution in [1.82, 2.24) is 0 Å². The van der Waals surface area contributed by atoms with Gasteiger partial charge in [0.25, 0.3) is 0 Å². The molecule has 0 aliphatic rings. The van der Waals surface area contributed by atoms with E-state index in [-0.39, 0.29) is 31.9 Å². The molecule has 1 nitrogen and oxygen atoms in total. The molecule has 0 radical (unpaired) electrons. The zero-order valence-corrected chi connectivity index (χ0v) is 5.92. The SMILES string of the molecule is C=O.[Cl-].[Zn+2]. The van der Waals surface area contributed by atoms with Gasteiger partial charge in [-0.2, -0.15) is 0 Å². The first-order valence-electron chi connectivity index (χ1n) is 0.289. The summed E-state index contributed by atoms with van der Waals surface area (Å²) >= 11 is 0. The van der Waals surface area contributed by atoms with E-state index >= 15 is 0 Å². The first-order valence-corrected chi connectivity index (χ1v) is 0.289. The van der Waals surface area contributed by atoms with Crippen LogP contribution in [0.5, 0.6) is 0 Å². The van der Waals surface area contributed by atoms with Crippen LogP contribution < -0.4 is 12.4 Å². The number of hydrogen-bond donors (Lipinski definition) is 0. The Bertz CT molecular complexity index is 8.00. The third-order valence-corrected chi connectivity index (χ3v) is 0. The molecule has 0 rings (SSSR count). The number of rotatable bonds is 0. The maximum absolute atomic E-state index is 8.00. The molecule has 0 aromatic rings. The fourth-order valence-corrected chi connectivity index (χ4v) is 0. The maximum Gasteiger partial charge on any atom is 2.00 e. The Hall–Kier alpha value is 0.583. The molecule has 20 valence electrons. The van der Waals surface area contributed by atoms with E-state index < -0.39 is 0 Å². The molecule has 0 unspecified atom stereocenters. The molecule has 0 spiro atoms. The average molecular weight is 131 g/mol.